The summed E-state index contributed by atoms with van der Waals surface area (Å²) in [5, 5.41) is 9.65. The highest BCUT2D eigenvalue weighted by atomic mass is 31.2. The van der Waals surface area contributed by atoms with E-state index in [1.54, 1.807) is 0 Å². The fourth-order valence-electron chi connectivity index (χ4n) is 3.12. The van der Waals surface area contributed by atoms with Crippen LogP contribution in [0.3, 0.4) is 0 Å². The first-order valence-corrected chi connectivity index (χ1v) is 9.18. The van der Waals surface area contributed by atoms with E-state index in [1.165, 1.54) is 5.56 Å². The Bertz CT molecular complexity index is 568. The number of likely N-dealkylation sites (tertiary alicyclic amines) is 1. The molecule has 2 fully saturated rings. The molecule has 1 aromatic rings. The number of nitrogens with zero attached hydrogens (tertiary/aromatic N) is 1. The molecule has 0 amide bonds. The van der Waals surface area contributed by atoms with Crippen LogP contribution < -0.4 is 0 Å². The molecule has 0 aromatic heterocycles. The molecule has 2 saturated heterocycles. The third-order valence-electron chi connectivity index (χ3n) is 3.90. The van der Waals surface area contributed by atoms with Gasteiger partial charge in [-0.2, -0.15) is 0 Å². The third-order valence-corrected chi connectivity index (χ3v) is 3.90. The topological polar surface area (TPSA) is 120 Å². The van der Waals surface area contributed by atoms with E-state index >= 15 is 0 Å². The standard InChI is InChI=1S/C15H21NO3.H3O4P/c1-15(2)18-13-9-16(12(10-17)14(13)19-15)8-11-6-4-3-5-7-11;1-5(2,3)4/h3-7,12-14,17H,8-10H2,1-2H3;(H3,1,2,3,4)/t12-,13-,14+;/m1./s1. The van der Waals surface area contributed by atoms with Gasteiger partial charge >= 0.3 is 7.82 Å². The SMILES string of the molecule is CC1(C)O[C@H]2[C@@H](CO)N(Cc3ccccc3)C[C@H]2O1.O=P(O)(O)O. The Morgan fingerprint density at radius 3 is 2.33 bits per heavy atom. The van der Waals surface area contributed by atoms with E-state index in [0.29, 0.717) is 0 Å². The Balaban J connectivity index is 0.000000368. The number of phosphoric acid groups is 1. The quantitative estimate of drug-likeness (QED) is 0.573. The first-order valence-electron chi connectivity index (χ1n) is 7.62. The summed E-state index contributed by atoms with van der Waals surface area (Å²) in [5.74, 6) is -0.526. The molecule has 136 valence electrons. The average molecular weight is 361 g/mol. The lowest BCUT2D eigenvalue weighted by molar-refractivity contribution is -0.163. The van der Waals surface area contributed by atoms with Crippen molar-refractivity contribution in [3.05, 3.63) is 35.9 Å². The Kier molecular flexibility index (Phi) is 6.17. The zero-order valence-electron chi connectivity index (χ0n) is 13.6. The van der Waals surface area contributed by atoms with Crippen molar-refractivity contribution in [3.8, 4) is 0 Å². The molecule has 0 radical (unpaired) electrons. The van der Waals surface area contributed by atoms with Crippen LogP contribution in [0, 0.1) is 0 Å². The number of hydrogen-bond acceptors (Lipinski definition) is 5. The molecule has 3 rings (SSSR count). The highest BCUT2D eigenvalue weighted by molar-refractivity contribution is 7.45. The molecule has 9 heteroatoms. The molecule has 4 N–H and O–H groups in total. The first kappa shape index (κ1) is 19.5. The highest BCUT2D eigenvalue weighted by Crippen LogP contribution is 2.37. The zero-order chi connectivity index (χ0) is 18.0. The van der Waals surface area contributed by atoms with Crippen LogP contribution in [-0.2, 0) is 20.6 Å². The maximum absolute atomic E-state index is 9.65. The molecule has 0 spiro atoms. The molecule has 0 unspecified atom stereocenters. The minimum absolute atomic E-state index is 0.0204. The van der Waals surface area contributed by atoms with Crippen molar-refractivity contribution in [2.24, 2.45) is 0 Å². The summed E-state index contributed by atoms with van der Waals surface area (Å²) in [4.78, 5) is 23.8. The summed E-state index contributed by atoms with van der Waals surface area (Å²) in [6, 6.07) is 10.3. The van der Waals surface area contributed by atoms with E-state index in [0.717, 1.165) is 13.1 Å². The molecule has 24 heavy (non-hydrogen) atoms. The van der Waals surface area contributed by atoms with E-state index in [9.17, 15) is 5.11 Å². The lowest BCUT2D eigenvalue weighted by atomic mass is 10.1. The van der Waals surface area contributed by atoms with Crippen LogP contribution >= 0.6 is 7.82 Å². The zero-order valence-corrected chi connectivity index (χ0v) is 14.5. The van der Waals surface area contributed by atoms with Crippen LogP contribution in [0.4, 0.5) is 0 Å². The maximum Gasteiger partial charge on any atom is 0.466 e. The van der Waals surface area contributed by atoms with Gasteiger partial charge in [-0.05, 0) is 19.4 Å². The minimum Gasteiger partial charge on any atom is -0.395 e. The molecule has 0 bridgehead atoms. The van der Waals surface area contributed by atoms with Crippen molar-refractivity contribution in [3.63, 3.8) is 0 Å². The van der Waals surface area contributed by atoms with Crippen molar-refractivity contribution < 1.29 is 33.8 Å². The fourth-order valence-corrected chi connectivity index (χ4v) is 3.12. The van der Waals surface area contributed by atoms with Crippen molar-refractivity contribution in [1.29, 1.82) is 0 Å². The van der Waals surface area contributed by atoms with Gasteiger partial charge in [0.2, 0.25) is 0 Å². The van der Waals surface area contributed by atoms with Gasteiger partial charge in [0.15, 0.2) is 5.79 Å². The smallest absolute Gasteiger partial charge is 0.395 e. The Hall–Kier alpha value is -0.830. The van der Waals surface area contributed by atoms with Crippen LogP contribution in [0.25, 0.3) is 0 Å². The van der Waals surface area contributed by atoms with Crippen LogP contribution in [0.15, 0.2) is 30.3 Å². The molecule has 0 saturated carbocycles. The lowest BCUT2D eigenvalue weighted by Gasteiger charge is -2.28. The minimum atomic E-state index is -4.64. The van der Waals surface area contributed by atoms with Gasteiger partial charge < -0.3 is 29.3 Å². The number of hydrogen-bond donors (Lipinski definition) is 4. The second kappa shape index (κ2) is 7.59. The van der Waals surface area contributed by atoms with Gasteiger partial charge in [-0.25, -0.2) is 4.57 Å². The van der Waals surface area contributed by atoms with E-state index < -0.39 is 13.6 Å². The predicted molar refractivity (Wildman–Crippen MR) is 85.8 cm³/mol. The van der Waals surface area contributed by atoms with Crippen molar-refractivity contribution in [2.45, 2.75) is 44.4 Å². The summed E-state index contributed by atoms with van der Waals surface area (Å²) in [6.45, 7) is 5.61. The van der Waals surface area contributed by atoms with Crippen LogP contribution in [0.2, 0.25) is 0 Å². The molecule has 3 atom stereocenters. The summed E-state index contributed by atoms with van der Waals surface area (Å²) in [6.07, 6.45) is 0.0413. The molecule has 0 aliphatic carbocycles. The summed E-state index contributed by atoms with van der Waals surface area (Å²) in [5.41, 5.74) is 1.25. The Morgan fingerprint density at radius 2 is 1.79 bits per heavy atom. The van der Waals surface area contributed by atoms with Gasteiger partial charge in [-0.15, -0.1) is 0 Å². The largest absolute Gasteiger partial charge is 0.466 e. The number of benzene rings is 1. The third kappa shape index (κ3) is 5.61. The Morgan fingerprint density at radius 1 is 1.21 bits per heavy atom. The van der Waals surface area contributed by atoms with E-state index in [-0.39, 0.29) is 24.9 Å². The summed E-state index contributed by atoms with van der Waals surface area (Å²) >= 11 is 0. The summed E-state index contributed by atoms with van der Waals surface area (Å²) in [7, 11) is -4.64. The second-order valence-corrected chi connectivity index (χ2v) is 7.34. The van der Waals surface area contributed by atoms with Gasteiger partial charge in [0.05, 0.1) is 12.6 Å². The van der Waals surface area contributed by atoms with Gasteiger partial charge in [0, 0.05) is 13.1 Å². The number of aliphatic hydroxyl groups is 1. The summed E-state index contributed by atoms with van der Waals surface area (Å²) < 4.78 is 20.7. The van der Waals surface area contributed by atoms with Crippen LogP contribution in [0.5, 0.6) is 0 Å². The van der Waals surface area contributed by atoms with Gasteiger partial charge in [0.25, 0.3) is 0 Å². The van der Waals surface area contributed by atoms with Gasteiger partial charge in [0.1, 0.15) is 12.2 Å². The van der Waals surface area contributed by atoms with Crippen molar-refractivity contribution >= 4 is 7.82 Å². The van der Waals surface area contributed by atoms with E-state index in [4.69, 9.17) is 28.7 Å². The maximum atomic E-state index is 9.65. The molecule has 2 heterocycles. The van der Waals surface area contributed by atoms with Gasteiger partial charge in [-0.1, -0.05) is 30.3 Å². The average Bonchev–Trinajstić information content (AvgIpc) is 2.89. The fraction of sp³-hybridized carbons (Fsp3) is 0.600. The normalized spacial score (nSPS) is 29.0. The molecular weight excluding hydrogens is 337 g/mol. The molecule has 2 aliphatic heterocycles. The van der Waals surface area contributed by atoms with Gasteiger partial charge in [-0.3, -0.25) is 4.90 Å². The molecule has 1 aromatic carbocycles. The second-order valence-electron chi connectivity index (χ2n) is 6.32. The lowest BCUT2D eigenvalue weighted by Crippen LogP contribution is -2.40. The van der Waals surface area contributed by atoms with E-state index in [2.05, 4.69) is 17.0 Å². The highest BCUT2D eigenvalue weighted by Gasteiger charge is 2.52. The molecule has 8 nitrogen and oxygen atoms in total. The van der Waals surface area contributed by atoms with Crippen molar-refractivity contribution in [2.75, 3.05) is 13.2 Å². The van der Waals surface area contributed by atoms with Crippen LogP contribution in [0.1, 0.15) is 19.4 Å². The number of fused-ring (bicyclic) bond motifs is 1. The number of rotatable bonds is 3. The number of aliphatic hydroxyl groups excluding tert-OH is 1. The first-order chi connectivity index (χ1) is 11.1. The Labute approximate surface area is 140 Å². The van der Waals surface area contributed by atoms with E-state index in [1.807, 2.05) is 32.0 Å². The monoisotopic (exact) mass is 361 g/mol. The predicted octanol–water partition coefficient (Wildman–Crippen LogP) is 0.455. The van der Waals surface area contributed by atoms with Crippen LogP contribution in [-0.4, -0.2) is 61.9 Å². The molecule has 2 aliphatic rings. The number of ether oxygens (including phenoxy) is 2. The molecular formula is C15H24NO7P. The van der Waals surface area contributed by atoms with Crippen molar-refractivity contribution in [1.82, 2.24) is 4.90 Å².